The van der Waals surface area contributed by atoms with Gasteiger partial charge in [-0.25, -0.2) is 4.98 Å². The molecular weight excluding hydrogens is 657 g/mol. The molecule has 6 aromatic heterocycles. The van der Waals surface area contributed by atoms with Crippen molar-refractivity contribution >= 4 is 70.2 Å². The molecule has 0 bridgehead atoms. The second kappa shape index (κ2) is 12.5. The topological polar surface area (TPSA) is 67.7 Å². The largest absolute Gasteiger partial charge is 0.311 e. The number of thiophene rings is 1. The molecule has 0 fully saturated rings. The average Bonchev–Trinajstić information content (AvgIpc) is 3.59. The SMILES string of the molecule is c1ccc2c(c1)sc1nc(-c3ccc(N(c4ccc(-c5cc6ccncc6cn5)cc4)c4ccc(-c5cc6ccncc6cn5)cc4)cc3)ccc12. The van der Waals surface area contributed by atoms with Gasteiger partial charge in [-0.1, -0.05) is 54.6 Å². The highest BCUT2D eigenvalue weighted by Gasteiger charge is 2.15. The summed E-state index contributed by atoms with van der Waals surface area (Å²) in [6.07, 6.45) is 11.1. The number of benzene rings is 4. The Morgan fingerprint density at radius 1 is 0.423 bits per heavy atom. The number of fused-ring (bicyclic) bond motifs is 5. The van der Waals surface area contributed by atoms with Crippen molar-refractivity contribution in [3.05, 3.63) is 171 Å². The quantitative estimate of drug-likeness (QED) is 0.174. The number of nitrogens with zero attached hydrogens (tertiary/aromatic N) is 6. The molecule has 0 saturated carbocycles. The van der Waals surface area contributed by atoms with Crippen molar-refractivity contribution in [3.8, 4) is 33.8 Å². The highest BCUT2D eigenvalue weighted by atomic mass is 32.1. The monoisotopic (exact) mass is 684 g/mol. The number of aromatic nitrogens is 5. The summed E-state index contributed by atoms with van der Waals surface area (Å²) in [6, 6.07) is 46.9. The van der Waals surface area contributed by atoms with Crippen molar-refractivity contribution in [2.45, 2.75) is 0 Å². The number of hydrogen-bond donors (Lipinski definition) is 0. The lowest BCUT2D eigenvalue weighted by molar-refractivity contribution is 1.27. The number of rotatable bonds is 6. The van der Waals surface area contributed by atoms with E-state index in [1.807, 2.05) is 49.3 Å². The van der Waals surface area contributed by atoms with Gasteiger partial charge in [0.15, 0.2) is 0 Å². The molecule has 0 amide bonds. The molecule has 0 aliphatic carbocycles. The lowest BCUT2D eigenvalue weighted by Crippen LogP contribution is -2.09. The third-order valence-electron chi connectivity index (χ3n) is 9.55. The molecule has 6 nitrogen and oxygen atoms in total. The van der Waals surface area contributed by atoms with Gasteiger partial charge in [0.1, 0.15) is 4.83 Å². The molecule has 10 rings (SSSR count). The highest BCUT2D eigenvalue weighted by molar-refractivity contribution is 7.25. The van der Waals surface area contributed by atoms with E-state index in [4.69, 9.17) is 15.0 Å². The fourth-order valence-electron chi connectivity index (χ4n) is 6.83. The third kappa shape index (κ3) is 5.41. The summed E-state index contributed by atoms with van der Waals surface area (Å²) in [5, 5.41) is 6.73. The molecule has 0 radical (unpaired) electrons. The molecule has 0 atom stereocenters. The molecule has 0 unspecified atom stereocenters. The molecule has 6 heterocycles. The van der Waals surface area contributed by atoms with E-state index in [-0.39, 0.29) is 0 Å². The van der Waals surface area contributed by atoms with Gasteiger partial charge in [-0.2, -0.15) is 0 Å². The van der Waals surface area contributed by atoms with Gasteiger partial charge < -0.3 is 4.90 Å². The lowest BCUT2D eigenvalue weighted by Gasteiger charge is -2.26. The molecular formula is C45H28N6S. The van der Waals surface area contributed by atoms with Crippen molar-refractivity contribution in [3.63, 3.8) is 0 Å². The Kier molecular flexibility index (Phi) is 7.22. The summed E-state index contributed by atoms with van der Waals surface area (Å²) in [5.74, 6) is 0. The minimum atomic E-state index is 0.923. The van der Waals surface area contributed by atoms with Gasteiger partial charge in [0.2, 0.25) is 0 Å². The summed E-state index contributed by atoms with van der Waals surface area (Å²) >= 11 is 1.74. The molecule has 52 heavy (non-hydrogen) atoms. The Morgan fingerprint density at radius 3 is 1.50 bits per heavy atom. The van der Waals surface area contributed by atoms with Crippen molar-refractivity contribution in [1.82, 2.24) is 24.9 Å². The van der Waals surface area contributed by atoms with Crippen LogP contribution in [0.5, 0.6) is 0 Å². The first-order valence-corrected chi connectivity index (χ1v) is 17.8. The Bertz CT molecular complexity index is 2780. The fourth-order valence-corrected chi connectivity index (χ4v) is 7.91. The molecule has 0 aliphatic heterocycles. The number of anilines is 3. The van der Waals surface area contributed by atoms with Crippen molar-refractivity contribution in [2.24, 2.45) is 0 Å². The van der Waals surface area contributed by atoms with Crippen LogP contribution in [-0.2, 0) is 0 Å². The van der Waals surface area contributed by atoms with Gasteiger partial charge in [0.25, 0.3) is 0 Å². The van der Waals surface area contributed by atoms with Crippen LogP contribution in [0.4, 0.5) is 17.1 Å². The van der Waals surface area contributed by atoms with E-state index in [0.717, 1.165) is 77.2 Å². The fraction of sp³-hybridized carbons (Fsp3) is 0. The van der Waals surface area contributed by atoms with Crippen molar-refractivity contribution < 1.29 is 0 Å². The summed E-state index contributed by atoms with van der Waals surface area (Å²) in [6.45, 7) is 0. The van der Waals surface area contributed by atoms with E-state index < -0.39 is 0 Å². The Labute approximate surface area is 303 Å². The third-order valence-corrected chi connectivity index (χ3v) is 10.6. The van der Waals surface area contributed by atoms with E-state index in [1.165, 1.54) is 15.5 Å². The van der Waals surface area contributed by atoms with Gasteiger partial charge in [-0.3, -0.25) is 19.9 Å². The van der Waals surface area contributed by atoms with Crippen LogP contribution in [0, 0.1) is 0 Å². The summed E-state index contributed by atoms with van der Waals surface area (Å²) < 4.78 is 1.26. The minimum absolute atomic E-state index is 0.923. The zero-order valence-electron chi connectivity index (χ0n) is 27.8. The van der Waals surface area contributed by atoms with Gasteiger partial charge in [-0.15, -0.1) is 11.3 Å². The maximum Gasteiger partial charge on any atom is 0.125 e. The predicted molar refractivity (Wildman–Crippen MR) is 214 cm³/mol. The van der Waals surface area contributed by atoms with E-state index in [2.05, 4.69) is 136 Å². The van der Waals surface area contributed by atoms with Crippen LogP contribution in [0.3, 0.4) is 0 Å². The normalized spacial score (nSPS) is 11.5. The van der Waals surface area contributed by atoms with Gasteiger partial charge in [-0.05, 0) is 89.6 Å². The summed E-state index contributed by atoms with van der Waals surface area (Å²) in [4.78, 5) is 26.3. The molecule has 0 saturated heterocycles. The Balaban J connectivity index is 1.02. The van der Waals surface area contributed by atoms with Crippen molar-refractivity contribution in [2.75, 3.05) is 4.90 Å². The van der Waals surface area contributed by atoms with E-state index in [1.54, 1.807) is 11.3 Å². The first-order chi connectivity index (χ1) is 25.7. The molecule has 0 aliphatic rings. The Morgan fingerprint density at radius 2 is 0.942 bits per heavy atom. The van der Waals surface area contributed by atoms with Crippen LogP contribution in [0.25, 0.3) is 75.6 Å². The van der Waals surface area contributed by atoms with E-state index in [0.29, 0.717) is 0 Å². The van der Waals surface area contributed by atoms with Gasteiger partial charge in [0.05, 0.1) is 17.1 Å². The van der Waals surface area contributed by atoms with E-state index in [9.17, 15) is 0 Å². The Hall–Kier alpha value is -6.83. The zero-order valence-corrected chi connectivity index (χ0v) is 28.6. The number of pyridine rings is 5. The maximum atomic E-state index is 5.07. The van der Waals surface area contributed by atoms with Crippen LogP contribution in [0.1, 0.15) is 0 Å². The average molecular weight is 685 g/mol. The number of hydrogen-bond acceptors (Lipinski definition) is 7. The minimum Gasteiger partial charge on any atom is -0.311 e. The smallest absolute Gasteiger partial charge is 0.125 e. The van der Waals surface area contributed by atoms with Crippen LogP contribution in [0.2, 0.25) is 0 Å². The van der Waals surface area contributed by atoms with Gasteiger partial charge >= 0.3 is 0 Å². The molecule has 0 spiro atoms. The van der Waals surface area contributed by atoms with Crippen LogP contribution in [-0.4, -0.2) is 24.9 Å². The molecule has 7 heteroatoms. The van der Waals surface area contributed by atoms with Gasteiger partial charge in [0, 0.05) is 97.2 Å². The second-order valence-electron chi connectivity index (χ2n) is 12.7. The second-order valence-corrected chi connectivity index (χ2v) is 13.7. The van der Waals surface area contributed by atoms with Crippen LogP contribution in [0.15, 0.2) is 171 Å². The molecule has 244 valence electrons. The first kappa shape index (κ1) is 30.0. The van der Waals surface area contributed by atoms with Crippen LogP contribution >= 0.6 is 11.3 Å². The first-order valence-electron chi connectivity index (χ1n) is 17.0. The predicted octanol–water partition coefficient (Wildman–Crippen LogP) is 11.8. The zero-order chi connectivity index (χ0) is 34.4. The highest BCUT2D eigenvalue weighted by Crippen LogP contribution is 2.39. The lowest BCUT2D eigenvalue weighted by atomic mass is 10.1. The van der Waals surface area contributed by atoms with E-state index >= 15 is 0 Å². The molecule has 10 aromatic rings. The summed E-state index contributed by atoms with van der Waals surface area (Å²) in [7, 11) is 0. The molecule has 4 aromatic carbocycles. The van der Waals surface area contributed by atoms with Crippen LogP contribution < -0.4 is 4.90 Å². The standard InChI is InChI=1S/C45H28N6S/c1-2-4-44-39(3-1)40-17-18-41(50-45(40)52-44)29-5-11-36(12-6-29)51(37-13-7-30(8-14-37)42-23-32-19-21-46-25-34(32)27-48-42)38-15-9-31(10-16-38)43-24-33-20-22-47-26-35(33)28-49-43/h1-28H. The molecule has 0 N–H and O–H groups in total. The van der Waals surface area contributed by atoms with Crippen molar-refractivity contribution in [1.29, 1.82) is 0 Å². The summed E-state index contributed by atoms with van der Waals surface area (Å²) in [5.41, 5.74) is 9.10. The maximum absolute atomic E-state index is 5.07.